The molecule has 1 unspecified atom stereocenters. The molecule has 1 aliphatic rings. The summed E-state index contributed by atoms with van der Waals surface area (Å²) in [5, 5.41) is 1.30. The van der Waals surface area contributed by atoms with Gasteiger partial charge in [-0.1, -0.05) is 23.2 Å². The van der Waals surface area contributed by atoms with E-state index in [1.165, 1.54) is 6.33 Å². The fourth-order valence-corrected chi connectivity index (χ4v) is 6.24. The van der Waals surface area contributed by atoms with E-state index in [2.05, 4.69) is 9.97 Å². The number of carbonyl (C=O) groups is 1. The fraction of sp³-hybridized carbons (Fsp3) is 0.350. The molecule has 0 amide bonds. The quantitative estimate of drug-likeness (QED) is 0.527. The Morgan fingerprint density at radius 2 is 2.00 bits per heavy atom. The molecule has 0 saturated carbocycles. The monoisotopic (exact) mass is 467 g/mol. The lowest BCUT2D eigenvalue weighted by Crippen LogP contribution is -2.16. The van der Waals surface area contributed by atoms with Gasteiger partial charge in [0.2, 0.25) is 11.7 Å². The summed E-state index contributed by atoms with van der Waals surface area (Å²) >= 11 is 12.2. The number of halogens is 2. The molecule has 1 fully saturated rings. The number of hydrogen-bond acceptors (Lipinski definition) is 6. The number of aryl methyl sites for hydroxylation is 1. The molecular formula is C20H19Cl2N3O4S. The van der Waals surface area contributed by atoms with Crippen LogP contribution in [0.5, 0.6) is 5.88 Å². The standard InChI is InChI=1S/C20H19Cl2N3O4S/c1-11-5-15(12(2)25(11)14-3-4-30(27,28)9-14)18(26)8-29-20-16-6-13(21)7-17(22)19(16)23-10-24-20/h5-7,10,14H,3-4,8-9H2,1-2H3. The number of ketones is 1. The Morgan fingerprint density at radius 3 is 2.70 bits per heavy atom. The summed E-state index contributed by atoms with van der Waals surface area (Å²) in [6, 6.07) is 4.84. The maximum absolute atomic E-state index is 12.9. The Kier molecular flexibility index (Phi) is 5.50. The van der Waals surface area contributed by atoms with Gasteiger partial charge in [0, 0.05) is 28.0 Å². The SMILES string of the molecule is Cc1cc(C(=O)COc2ncnc3c(Cl)cc(Cl)cc23)c(C)n1C1CCS(=O)(=O)C1. The predicted octanol–water partition coefficient (Wildman–Crippen LogP) is 3.98. The first-order valence-corrected chi connectivity index (χ1v) is 11.9. The van der Waals surface area contributed by atoms with Crippen molar-refractivity contribution in [3.63, 3.8) is 0 Å². The number of sulfone groups is 1. The van der Waals surface area contributed by atoms with Gasteiger partial charge in [-0.15, -0.1) is 0 Å². The van der Waals surface area contributed by atoms with Gasteiger partial charge >= 0.3 is 0 Å². The Morgan fingerprint density at radius 1 is 1.23 bits per heavy atom. The van der Waals surface area contributed by atoms with Crippen LogP contribution in [0, 0.1) is 13.8 Å². The summed E-state index contributed by atoms with van der Waals surface area (Å²) < 4.78 is 31.3. The average molecular weight is 468 g/mol. The third-order valence-electron chi connectivity index (χ3n) is 5.32. The highest BCUT2D eigenvalue weighted by Gasteiger charge is 2.31. The molecule has 0 bridgehead atoms. The lowest BCUT2D eigenvalue weighted by Gasteiger charge is -2.16. The topological polar surface area (TPSA) is 91.2 Å². The van der Waals surface area contributed by atoms with E-state index in [9.17, 15) is 13.2 Å². The highest BCUT2D eigenvalue weighted by atomic mass is 35.5. The normalized spacial score (nSPS) is 18.1. The summed E-state index contributed by atoms with van der Waals surface area (Å²) in [6.07, 6.45) is 1.87. The van der Waals surface area contributed by atoms with E-state index < -0.39 is 9.84 Å². The molecule has 3 aromatic rings. The lowest BCUT2D eigenvalue weighted by molar-refractivity contribution is 0.0918. The van der Waals surface area contributed by atoms with Crippen LogP contribution >= 0.6 is 23.2 Å². The van der Waals surface area contributed by atoms with Gasteiger partial charge in [-0.2, -0.15) is 0 Å². The van der Waals surface area contributed by atoms with Crippen molar-refractivity contribution in [2.45, 2.75) is 26.3 Å². The summed E-state index contributed by atoms with van der Waals surface area (Å²) in [5.74, 6) is 0.262. The first-order chi connectivity index (χ1) is 14.2. The van der Waals surface area contributed by atoms with E-state index in [0.717, 1.165) is 11.4 Å². The van der Waals surface area contributed by atoms with Gasteiger partial charge < -0.3 is 9.30 Å². The molecule has 1 saturated heterocycles. The van der Waals surface area contributed by atoms with Gasteiger partial charge in [-0.3, -0.25) is 4.79 Å². The van der Waals surface area contributed by atoms with Crippen LogP contribution in [0.3, 0.4) is 0 Å². The minimum Gasteiger partial charge on any atom is -0.469 e. The molecule has 0 N–H and O–H groups in total. The van der Waals surface area contributed by atoms with Crippen molar-refractivity contribution in [2.75, 3.05) is 18.1 Å². The number of fused-ring (bicyclic) bond motifs is 1. The summed E-state index contributed by atoms with van der Waals surface area (Å²) in [5.41, 5.74) is 2.58. The van der Waals surface area contributed by atoms with Crippen LogP contribution in [0.2, 0.25) is 10.0 Å². The molecule has 0 spiro atoms. The highest BCUT2D eigenvalue weighted by molar-refractivity contribution is 7.91. The van der Waals surface area contributed by atoms with Crippen LogP contribution in [0.15, 0.2) is 24.5 Å². The van der Waals surface area contributed by atoms with Crippen molar-refractivity contribution in [1.29, 1.82) is 0 Å². The number of carbonyl (C=O) groups excluding carboxylic acids is 1. The summed E-state index contributed by atoms with van der Waals surface area (Å²) in [6.45, 7) is 3.46. The van der Waals surface area contributed by atoms with Crippen LogP contribution < -0.4 is 4.74 Å². The second-order valence-electron chi connectivity index (χ2n) is 7.39. The summed E-state index contributed by atoms with van der Waals surface area (Å²) in [4.78, 5) is 21.1. The van der Waals surface area contributed by atoms with Crippen molar-refractivity contribution in [1.82, 2.24) is 14.5 Å². The number of Topliss-reactive ketones (excluding diaryl/α,β-unsaturated/α-hetero) is 1. The van der Waals surface area contributed by atoms with Crippen LogP contribution in [0.1, 0.15) is 34.2 Å². The number of hydrogen-bond donors (Lipinski definition) is 0. The van der Waals surface area contributed by atoms with Gasteiger partial charge in [0.1, 0.15) is 6.33 Å². The van der Waals surface area contributed by atoms with Gasteiger partial charge in [-0.25, -0.2) is 18.4 Å². The van der Waals surface area contributed by atoms with E-state index >= 15 is 0 Å². The Bertz CT molecular complexity index is 1270. The maximum atomic E-state index is 12.9. The Balaban J connectivity index is 1.57. The second kappa shape index (κ2) is 7.83. The van der Waals surface area contributed by atoms with Crippen LogP contribution in [0.25, 0.3) is 10.9 Å². The first kappa shape index (κ1) is 21.1. The zero-order valence-electron chi connectivity index (χ0n) is 16.4. The van der Waals surface area contributed by atoms with Crippen molar-refractivity contribution < 1.29 is 17.9 Å². The van der Waals surface area contributed by atoms with E-state index in [-0.39, 0.29) is 35.8 Å². The van der Waals surface area contributed by atoms with Crippen LogP contribution in [0.4, 0.5) is 0 Å². The maximum Gasteiger partial charge on any atom is 0.225 e. The van der Waals surface area contributed by atoms with Gasteiger partial charge in [0.15, 0.2) is 16.4 Å². The smallest absolute Gasteiger partial charge is 0.225 e. The summed E-state index contributed by atoms with van der Waals surface area (Å²) in [7, 11) is -3.03. The molecule has 2 aromatic heterocycles. The highest BCUT2D eigenvalue weighted by Crippen LogP contribution is 2.32. The largest absolute Gasteiger partial charge is 0.469 e. The number of benzene rings is 1. The molecule has 1 atom stereocenters. The third kappa shape index (κ3) is 3.91. The molecule has 7 nitrogen and oxygen atoms in total. The molecular weight excluding hydrogens is 449 g/mol. The number of ether oxygens (including phenoxy) is 1. The minimum atomic E-state index is -3.03. The molecule has 1 aliphatic heterocycles. The lowest BCUT2D eigenvalue weighted by atomic mass is 10.1. The predicted molar refractivity (Wildman–Crippen MR) is 116 cm³/mol. The average Bonchev–Trinajstić information content (AvgIpc) is 3.17. The molecule has 0 radical (unpaired) electrons. The van der Waals surface area contributed by atoms with Crippen molar-refractivity contribution in [3.8, 4) is 5.88 Å². The zero-order valence-corrected chi connectivity index (χ0v) is 18.7. The fourth-order valence-electron chi connectivity index (χ4n) is 4.00. The number of aromatic nitrogens is 3. The van der Waals surface area contributed by atoms with Crippen molar-refractivity contribution >= 4 is 49.7 Å². The van der Waals surface area contributed by atoms with Crippen LogP contribution in [-0.2, 0) is 9.84 Å². The Hall–Kier alpha value is -2.16. The van der Waals surface area contributed by atoms with Gasteiger partial charge in [0.05, 0.1) is 27.4 Å². The molecule has 4 rings (SSSR count). The molecule has 0 aliphatic carbocycles. The van der Waals surface area contributed by atoms with E-state index in [1.54, 1.807) is 18.2 Å². The van der Waals surface area contributed by atoms with Crippen molar-refractivity contribution in [3.05, 3.63) is 51.5 Å². The minimum absolute atomic E-state index is 0.0991. The number of nitrogens with zero attached hydrogens (tertiary/aromatic N) is 3. The Labute approximate surface area is 183 Å². The van der Waals surface area contributed by atoms with Crippen LogP contribution in [-0.4, -0.2) is 46.8 Å². The molecule has 3 heterocycles. The number of rotatable bonds is 5. The van der Waals surface area contributed by atoms with Crippen molar-refractivity contribution in [2.24, 2.45) is 0 Å². The first-order valence-electron chi connectivity index (χ1n) is 9.31. The molecule has 1 aromatic carbocycles. The second-order valence-corrected chi connectivity index (χ2v) is 10.5. The third-order valence-corrected chi connectivity index (χ3v) is 7.58. The molecule has 158 valence electrons. The molecule has 10 heteroatoms. The zero-order chi connectivity index (χ0) is 21.6. The van der Waals surface area contributed by atoms with E-state index in [0.29, 0.717) is 32.9 Å². The van der Waals surface area contributed by atoms with E-state index in [4.69, 9.17) is 27.9 Å². The van der Waals surface area contributed by atoms with E-state index in [1.807, 2.05) is 18.4 Å². The van der Waals surface area contributed by atoms with Gasteiger partial charge in [0.25, 0.3) is 0 Å². The van der Waals surface area contributed by atoms with Gasteiger partial charge in [-0.05, 0) is 38.5 Å². The molecule has 30 heavy (non-hydrogen) atoms.